The zero-order chi connectivity index (χ0) is 31.5. The van der Waals surface area contributed by atoms with Crippen molar-refractivity contribution in [3.63, 3.8) is 0 Å². The second kappa shape index (κ2) is 10.6. The zero-order valence-corrected chi connectivity index (χ0v) is 24.9. The Hall–Kier alpha value is -5.01. The first kappa shape index (κ1) is 29.1. The van der Waals surface area contributed by atoms with E-state index in [2.05, 4.69) is 15.0 Å². The van der Waals surface area contributed by atoms with Crippen LogP contribution in [0, 0.1) is 0 Å². The Bertz CT molecular complexity index is 2540. The minimum Gasteiger partial charge on any atom is -0.332 e. The summed E-state index contributed by atoms with van der Waals surface area (Å²) in [4.78, 5) is 73.0. The second-order valence-electron chi connectivity index (χ2n) is 10.5. The van der Waals surface area contributed by atoms with Crippen molar-refractivity contribution >= 4 is 59.9 Å². The monoisotopic (exact) mass is 633 g/mol. The lowest BCUT2D eigenvalue weighted by Gasteiger charge is -2.14. The van der Waals surface area contributed by atoms with Crippen molar-refractivity contribution in [2.75, 3.05) is 12.0 Å². The molecule has 224 valence electrons. The van der Waals surface area contributed by atoms with E-state index in [0.717, 1.165) is 16.4 Å². The number of fused-ring (bicyclic) bond motifs is 3. The number of aryl methyl sites for hydroxylation is 1. The van der Waals surface area contributed by atoms with Crippen LogP contribution in [0.1, 0.15) is 28.5 Å². The molecule has 0 saturated carbocycles. The maximum Gasteiger partial charge on any atom is 0.333 e. The van der Waals surface area contributed by atoms with Gasteiger partial charge in [-0.1, -0.05) is 36.7 Å². The van der Waals surface area contributed by atoms with E-state index in [4.69, 9.17) is 11.6 Å². The number of para-hydroxylation sites is 1. The van der Waals surface area contributed by atoms with Crippen LogP contribution in [0.25, 0.3) is 38.4 Å². The number of aromatic nitrogens is 5. The van der Waals surface area contributed by atoms with Crippen LogP contribution in [-0.4, -0.2) is 50.3 Å². The minimum atomic E-state index is -3.85. The van der Waals surface area contributed by atoms with Gasteiger partial charge in [-0.15, -0.1) is 0 Å². The van der Waals surface area contributed by atoms with Gasteiger partial charge >= 0.3 is 11.4 Å². The third-order valence-electron chi connectivity index (χ3n) is 7.43. The molecule has 0 bridgehead atoms. The molecule has 0 aliphatic rings. The predicted octanol–water partition coefficient (Wildman–Crippen LogP) is 2.65. The number of carbonyl (C=O) groups is 1. The van der Waals surface area contributed by atoms with Gasteiger partial charge in [-0.25, -0.2) is 22.6 Å². The Kier molecular flexibility index (Phi) is 7.01. The van der Waals surface area contributed by atoms with Gasteiger partial charge in [0.1, 0.15) is 11.4 Å². The van der Waals surface area contributed by atoms with Crippen LogP contribution in [0.2, 0.25) is 5.02 Å². The molecule has 6 aromatic rings. The van der Waals surface area contributed by atoms with Crippen LogP contribution in [0.4, 0.5) is 0 Å². The number of nitrogens with one attached hydrogen (secondary N) is 3. The summed E-state index contributed by atoms with van der Waals surface area (Å²) < 4.78 is 27.1. The lowest BCUT2D eigenvalue weighted by atomic mass is 10.1. The molecule has 3 heterocycles. The molecule has 6 rings (SSSR count). The summed E-state index contributed by atoms with van der Waals surface area (Å²) in [6, 6.07) is 14.6. The van der Waals surface area contributed by atoms with Crippen LogP contribution in [0.15, 0.2) is 73.8 Å². The van der Waals surface area contributed by atoms with Gasteiger partial charge in [0, 0.05) is 23.2 Å². The summed E-state index contributed by atoms with van der Waals surface area (Å²) in [5, 5.41) is 0.824. The number of hydrogen-bond donors (Lipinski definition) is 3. The predicted molar refractivity (Wildman–Crippen MR) is 168 cm³/mol. The van der Waals surface area contributed by atoms with Crippen LogP contribution >= 0.6 is 11.6 Å². The number of halogens is 1. The quantitative estimate of drug-likeness (QED) is 0.226. The van der Waals surface area contributed by atoms with E-state index in [-0.39, 0.29) is 39.2 Å². The van der Waals surface area contributed by atoms with Crippen LogP contribution in [0.5, 0.6) is 0 Å². The lowest BCUT2D eigenvalue weighted by molar-refractivity contribution is 0.101. The van der Waals surface area contributed by atoms with Gasteiger partial charge in [-0.05, 0) is 53.9 Å². The van der Waals surface area contributed by atoms with Crippen molar-refractivity contribution in [1.82, 2.24) is 24.1 Å². The summed E-state index contributed by atoms with van der Waals surface area (Å²) in [5.74, 6) is -1.75. The van der Waals surface area contributed by atoms with Crippen molar-refractivity contribution in [2.24, 2.45) is 0 Å². The van der Waals surface area contributed by atoms with Crippen molar-refractivity contribution in [3.05, 3.63) is 118 Å². The maximum atomic E-state index is 13.9. The molecule has 0 aliphatic heterocycles. The van der Waals surface area contributed by atoms with Gasteiger partial charge in [0.25, 0.3) is 11.1 Å². The topological polar surface area (TPSA) is 177 Å². The highest BCUT2D eigenvalue weighted by Crippen LogP contribution is 2.33. The minimum absolute atomic E-state index is 0.0694. The highest BCUT2D eigenvalue weighted by Gasteiger charge is 2.29. The number of H-pyrrole nitrogens is 3. The average molecular weight is 634 g/mol. The number of Topliss-reactive ketones (excluding diaryl/α,β-unsaturated/α-hetero) is 1. The lowest BCUT2D eigenvalue weighted by Crippen LogP contribution is -2.35. The molecular weight excluding hydrogens is 610 g/mol. The van der Waals surface area contributed by atoms with E-state index in [9.17, 15) is 32.4 Å². The van der Waals surface area contributed by atoms with Gasteiger partial charge in [0.2, 0.25) is 0 Å². The molecule has 3 aromatic carbocycles. The Labute approximate surface area is 252 Å². The molecule has 3 N–H and O–H groups in total. The Morgan fingerprint density at radius 2 is 1.64 bits per heavy atom. The van der Waals surface area contributed by atoms with E-state index >= 15 is 0 Å². The molecule has 0 saturated heterocycles. The summed E-state index contributed by atoms with van der Waals surface area (Å²) in [6.45, 7) is 1.76. The summed E-state index contributed by atoms with van der Waals surface area (Å²) in [6.07, 6.45) is 1.50. The summed E-state index contributed by atoms with van der Waals surface area (Å²) >= 11 is 6.60. The number of hydrogen-bond acceptors (Lipinski definition) is 7. The van der Waals surface area contributed by atoms with Crippen molar-refractivity contribution in [1.29, 1.82) is 0 Å². The average Bonchev–Trinajstić information content (AvgIpc) is 3.25. The number of rotatable bonds is 7. The number of nitrogens with zero attached hydrogens (tertiary/aromatic N) is 2. The normalized spacial score (nSPS) is 12.0. The van der Waals surface area contributed by atoms with Crippen LogP contribution < -0.4 is 22.5 Å². The van der Waals surface area contributed by atoms with Crippen molar-refractivity contribution in [3.8, 4) is 5.69 Å². The second-order valence-corrected chi connectivity index (χ2v) is 13.0. The molecule has 12 nitrogen and oxygen atoms in total. The van der Waals surface area contributed by atoms with Gasteiger partial charge in [-0.3, -0.25) is 19.4 Å². The number of ketones is 1. The molecular formula is C30H24ClN5O7S. The van der Waals surface area contributed by atoms with E-state index in [0.29, 0.717) is 28.4 Å². The molecule has 14 heteroatoms. The summed E-state index contributed by atoms with van der Waals surface area (Å²) in [5.41, 5.74) is -1.05. The first-order valence-corrected chi connectivity index (χ1v) is 15.9. The van der Waals surface area contributed by atoms with Gasteiger partial charge < -0.3 is 14.5 Å². The van der Waals surface area contributed by atoms with E-state index in [1.807, 2.05) is 13.0 Å². The SMILES string of the molecule is CCc1ccc2c(c1)c(-n1c(=O)[nH]c3ccccc3c1=O)c(C(=O)CS(C)(=O)=O)n2Cc1cc2c(=O)[nH]c(=O)[nH]c2cc1Cl. The van der Waals surface area contributed by atoms with Gasteiger partial charge in [0.05, 0.1) is 33.0 Å². The highest BCUT2D eigenvalue weighted by atomic mass is 35.5. The zero-order valence-electron chi connectivity index (χ0n) is 23.4. The van der Waals surface area contributed by atoms with Gasteiger partial charge in [-0.2, -0.15) is 0 Å². The fourth-order valence-electron chi connectivity index (χ4n) is 5.47. The van der Waals surface area contributed by atoms with Crippen molar-refractivity contribution < 1.29 is 13.2 Å². The van der Waals surface area contributed by atoms with Gasteiger partial charge in [0.15, 0.2) is 15.6 Å². The Balaban J connectivity index is 1.74. The number of sulfone groups is 1. The van der Waals surface area contributed by atoms with Crippen molar-refractivity contribution in [2.45, 2.75) is 19.9 Å². The first-order valence-electron chi connectivity index (χ1n) is 13.4. The third kappa shape index (κ3) is 4.99. The third-order valence-corrected chi connectivity index (χ3v) is 8.57. The molecule has 0 amide bonds. The molecule has 0 unspecified atom stereocenters. The molecule has 44 heavy (non-hydrogen) atoms. The van der Waals surface area contributed by atoms with E-state index in [1.54, 1.807) is 30.3 Å². The standard InChI is InChI=1S/C30H24ClN5O7S/c1-3-15-8-9-23-19(10-15)25(36-28(39)17-6-4-5-7-21(17)33-30(36)41)26(24(37)14-44(2,42)43)35(23)13-16-11-18-22(12-20(16)31)32-29(40)34-27(18)38/h4-12H,3,13-14H2,1-2H3,(H,33,41)(H2,32,34,38,40). The maximum absolute atomic E-state index is 13.9. The molecule has 0 aliphatic carbocycles. The molecule has 0 radical (unpaired) electrons. The smallest absolute Gasteiger partial charge is 0.332 e. The number of carbonyl (C=O) groups excluding carboxylic acids is 1. The molecule has 3 aromatic heterocycles. The van der Waals surface area contributed by atoms with E-state index in [1.165, 1.54) is 22.8 Å². The number of aromatic amines is 3. The first-order chi connectivity index (χ1) is 20.9. The number of benzene rings is 3. The Morgan fingerprint density at radius 3 is 2.36 bits per heavy atom. The summed E-state index contributed by atoms with van der Waals surface area (Å²) in [7, 11) is -3.85. The van der Waals surface area contributed by atoms with E-state index < -0.39 is 43.9 Å². The fraction of sp³-hybridized carbons (Fsp3) is 0.167. The largest absolute Gasteiger partial charge is 0.333 e. The molecule has 0 fully saturated rings. The van der Waals surface area contributed by atoms with Crippen LogP contribution in [-0.2, 0) is 22.8 Å². The highest BCUT2D eigenvalue weighted by molar-refractivity contribution is 7.91. The molecule has 0 atom stereocenters. The Morgan fingerprint density at radius 1 is 0.886 bits per heavy atom. The van der Waals surface area contributed by atoms with Crippen LogP contribution in [0.3, 0.4) is 0 Å². The molecule has 0 spiro atoms. The fourth-order valence-corrected chi connectivity index (χ4v) is 6.31.